The average molecular weight is 493 g/mol. The molecule has 1 aliphatic rings. The van der Waals surface area contributed by atoms with Gasteiger partial charge >= 0.3 is 0 Å². The molecule has 1 amide bonds. The monoisotopic (exact) mass is 492 g/mol. The number of aromatic amines is 1. The molecular formula is C24H28N8O2S. The standard InChI is InChI=1S/C24H28N8O2S/c1-16-13-21(29-28-16)26-23-20-6-4-12-32(20)30-24(27-23)35-19-9-7-17(8-10-19)25-22(33)14-31-11-3-5-18(31)15-34-2/h4,6-10,12-13,18H,3,5,11,14-15H2,1-2H3,(H,25,33)(H2,26,27,28,29,30). The van der Waals surface area contributed by atoms with E-state index in [4.69, 9.17) is 9.72 Å². The summed E-state index contributed by atoms with van der Waals surface area (Å²) in [4.78, 5) is 20.4. The number of H-pyrrole nitrogens is 1. The summed E-state index contributed by atoms with van der Waals surface area (Å²) in [5.41, 5.74) is 2.59. The summed E-state index contributed by atoms with van der Waals surface area (Å²) in [5.74, 6) is 1.36. The minimum Gasteiger partial charge on any atom is -0.383 e. The molecule has 1 fully saturated rings. The third-order valence-corrected chi connectivity index (χ3v) is 6.74. The molecule has 3 N–H and O–H groups in total. The number of hydrogen-bond donors (Lipinski definition) is 3. The van der Waals surface area contributed by atoms with E-state index in [0.29, 0.717) is 36.0 Å². The van der Waals surface area contributed by atoms with Gasteiger partial charge in [0.05, 0.1) is 13.2 Å². The minimum absolute atomic E-state index is 0.0147. The van der Waals surface area contributed by atoms with Crippen LogP contribution in [0.1, 0.15) is 18.5 Å². The lowest BCUT2D eigenvalue weighted by Gasteiger charge is -2.23. The van der Waals surface area contributed by atoms with Gasteiger partial charge < -0.3 is 15.4 Å². The quantitative estimate of drug-likeness (QED) is 0.324. The van der Waals surface area contributed by atoms with Gasteiger partial charge in [-0.15, -0.1) is 5.10 Å². The fourth-order valence-corrected chi connectivity index (χ4v) is 4.98. The third kappa shape index (κ3) is 5.64. The van der Waals surface area contributed by atoms with Crippen LogP contribution in [0, 0.1) is 6.92 Å². The molecule has 35 heavy (non-hydrogen) atoms. The van der Waals surface area contributed by atoms with Crippen LogP contribution in [0.4, 0.5) is 17.3 Å². The van der Waals surface area contributed by atoms with Crippen molar-refractivity contribution < 1.29 is 9.53 Å². The molecule has 0 spiro atoms. The van der Waals surface area contributed by atoms with Gasteiger partial charge in [0.25, 0.3) is 0 Å². The maximum absolute atomic E-state index is 12.5. The van der Waals surface area contributed by atoms with Crippen molar-refractivity contribution in [1.29, 1.82) is 0 Å². The number of aromatic nitrogens is 5. The lowest BCUT2D eigenvalue weighted by Crippen LogP contribution is -2.38. The summed E-state index contributed by atoms with van der Waals surface area (Å²) in [6.45, 7) is 3.91. The van der Waals surface area contributed by atoms with Crippen molar-refractivity contribution in [3.8, 4) is 0 Å². The lowest BCUT2D eigenvalue weighted by molar-refractivity contribution is -0.117. The zero-order valence-corrected chi connectivity index (χ0v) is 20.5. The van der Waals surface area contributed by atoms with Crippen molar-refractivity contribution in [1.82, 2.24) is 29.7 Å². The van der Waals surface area contributed by atoms with E-state index in [-0.39, 0.29) is 5.91 Å². The first-order chi connectivity index (χ1) is 17.1. The summed E-state index contributed by atoms with van der Waals surface area (Å²) in [6, 6.07) is 13.8. The number of amides is 1. The van der Waals surface area contributed by atoms with Crippen LogP contribution >= 0.6 is 11.8 Å². The molecule has 5 rings (SSSR count). The zero-order chi connectivity index (χ0) is 24.2. The number of hydrogen-bond acceptors (Lipinski definition) is 8. The fourth-order valence-electron chi connectivity index (χ4n) is 4.23. The van der Waals surface area contributed by atoms with Crippen molar-refractivity contribution in [3.05, 3.63) is 54.4 Å². The second kappa shape index (κ2) is 10.5. The number of benzene rings is 1. The normalized spacial score (nSPS) is 16.1. The summed E-state index contributed by atoms with van der Waals surface area (Å²) < 4.78 is 7.07. The minimum atomic E-state index is -0.0147. The number of nitrogens with zero attached hydrogens (tertiary/aromatic N) is 5. The van der Waals surface area contributed by atoms with Crippen LogP contribution in [0.25, 0.3) is 5.52 Å². The van der Waals surface area contributed by atoms with Crippen molar-refractivity contribution in [2.45, 2.75) is 35.9 Å². The molecule has 0 aliphatic carbocycles. The predicted molar refractivity (Wildman–Crippen MR) is 135 cm³/mol. The van der Waals surface area contributed by atoms with E-state index in [1.54, 1.807) is 11.6 Å². The first-order valence-corrected chi connectivity index (χ1v) is 12.3. The largest absolute Gasteiger partial charge is 0.383 e. The van der Waals surface area contributed by atoms with Gasteiger partial charge in [0.15, 0.2) is 11.6 Å². The van der Waals surface area contributed by atoms with Crippen molar-refractivity contribution >= 4 is 40.5 Å². The van der Waals surface area contributed by atoms with Crippen LogP contribution in [-0.4, -0.2) is 68.5 Å². The van der Waals surface area contributed by atoms with E-state index in [9.17, 15) is 4.79 Å². The van der Waals surface area contributed by atoms with Crippen LogP contribution in [0.2, 0.25) is 0 Å². The van der Waals surface area contributed by atoms with E-state index in [2.05, 4.69) is 30.8 Å². The first-order valence-electron chi connectivity index (χ1n) is 11.5. The molecule has 1 atom stereocenters. The molecule has 1 saturated heterocycles. The van der Waals surface area contributed by atoms with Gasteiger partial charge in [-0.25, -0.2) is 9.50 Å². The molecule has 0 radical (unpaired) electrons. The Morgan fingerprint density at radius 3 is 2.91 bits per heavy atom. The number of rotatable bonds is 9. The number of carbonyl (C=O) groups is 1. The second-order valence-electron chi connectivity index (χ2n) is 8.54. The number of nitrogens with one attached hydrogen (secondary N) is 3. The lowest BCUT2D eigenvalue weighted by atomic mass is 10.2. The molecule has 1 unspecified atom stereocenters. The van der Waals surface area contributed by atoms with Gasteiger partial charge in [-0.1, -0.05) is 0 Å². The number of carbonyl (C=O) groups excluding carboxylic acids is 1. The summed E-state index contributed by atoms with van der Waals surface area (Å²) in [7, 11) is 1.70. The van der Waals surface area contributed by atoms with Gasteiger partial charge in [-0.2, -0.15) is 5.10 Å². The molecular weight excluding hydrogens is 464 g/mol. The van der Waals surface area contributed by atoms with E-state index in [0.717, 1.165) is 41.2 Å². The number of aryl methyl sites for hydroxylation is 1. The predicted octanol–water partition coefficient (Wildman–Crippen LogP) is 3.70. The van der Waals surface area contributed by atoms with E-state index in [1.807, 2.05) is 55.6 Å². The topological polar surface area (TPSA) is 112 Å². The molecule has 10 nitrogen and oxygen atoms in total. The summed E-state index contributed by atoms with van der Waals surface area (Å²) >= 11 is 1.45. The highest BCUT2D eigenvalue weighted by Crippen LogP contribution is 2.29. The fraction of sp³-hybridized carbons (Fsp3) is 0.333. The van der Waals surface area contributed by atoms with Crippen LogP contribution < -0.4 is 10.6 Å². The van der Waals surface area contributed by atoms with Gasteiger partial charge in [0.1, 0.15) is 5.52 Å². The molecule has 4 aromatic rings. The molecule has 11 heteroatoms. The number of methoxy groups -OCH3 is 1. The molecule has 3 aromatic heterocycles. The number of anilines is 3. The van der Waals surface area contributed by atoms with Gasteiger partial charge in [0, 0.05) is 41.7 Å². The maximum atomic E-state index is 12.5. The zero-order valence-electron chi connectivity index (χ0n) is 19.7. The van der Waals surface area contributed by atoms with E-state index >= 15 is 0 Å². The molecule has 1 aromatic carbocycles. The van der Waals surface area contributed by atoms with E-state index in [1.165, 1.54) is 11.8 Å². The smallest absolute Gasteiger partial charge is 0.238 e. The third-order valence-electron chi connectivity index (χ3n) is 5.88. The van der Waals surface area contributed by atoms with E-state index < -0.39 is 0 Å². The Bertz CT molecular complexity index is 1300. The molecule has 4 heterocycles. The highest BCUT2D eigenvalue weighted by molar-refractivity contribution is 7.99. The Morgan fingerprint density at radius 2 is 2.14 bits per heavy atom. The average Bonchev–Trinajstić information content (AvgIpc) is 3.58. The summed E-state index contributed by atoms with van der Waals surface area (Å²) in [6.07, 6.45) is 4.06. The van der Waals surface area contributed by atoms with Crippen molar-refractivity contribution in [2.75, 3.05) is 37.4 Å². The van der Waals surface area contributed by atoms with Crippen molar-refractivity contribution in [3.63, 3.8) is 0 Å². The highest BCUT2D eigenvalue weighted by atomic mass is 32.2. The van der Waals surface area contributed by atoms with Gasteiger partial charge in [-0.3, -0.25) is 14.8 Å². The van der Waals surface area contributed by atoms with Gasteiger partial charge in [0.2, 0.25) is 11.1 Å². The molecule has 1 aliphatic heterocycles. The Balaban J connectivity index is 1.24. The number of likely N-dealkylation sites (tertiary alicyclic amines) is 1. The molecule has 0 bridgehead atoms. The SMILES string of the molecule is COCC1CCCN1CC(=O)Nc1ccc(Sc2nc(Nc3cc(C)[nH]n3)c3cccn3n2)cc1. The Labute approximate surface area is 207 Å². The highest BCUT2D eigenvalue weighted by Gasteiger charge is 2.26. The van der Waals surface area contributed by atoms with Crippen molar-refractivity contribution in [2.24, 2.45) is 0 Å². The maximum Gasteiger partial charge on any atom is 0.238 e. The first kappa shape index (κ1) is 23.3. The van der Waals surface area contributed by atoms with Crippen LogP contribution in [0.15, 0.2) is 58.7 Å². The Morgan fingerprint density at radius 1 is 1.29 bits per heavy atom. The van der Waals surface area contributed by atoms with Crippen LogP contribution in [0.5, 0.6) is 0 Å². The number of fused-ring (bicyclic) bond motifs is 1. The van der Waals surface area contributed by atoms with Crippen LogP contribution in [0.3, 0.4) is 0 Å². The summed E-state index contributed by atoms with van der Waals surface area (Å²) in [5, 5.41) is 18.6. The Hall–Kier alpha value is -3.41. The van der Waals surface area contributed by atoms with Gasteiger partial charge in [-0.05, 0) is 74.5 Å². The molecule has 182 valence electrons. The molecule has 0 saturated carbocycles. The Kier molecular flexibility index (Phi) is 6.98. The van der Waals surface area contributed by atoms with Crippen LogP contribution in [-0.2, 0) is 9.53 Å². The number of ether oxygens (including phenoxy) is 1. The second-order valence-corrected chi connectivity index (χ2v) is 9.58.